The van der Waals surface area contributed by atoms with Crippen LogP contribution in [0.5, 0.6) is 0 Å². The van der Waals surface area contributed by atoms with Gasteiger partial charge in [0.1, 0.15) is 0 Å². The summed E-state index contributed by atoms with van der Waals surface area (Å²) in [6.07, 6.45) is 4.16. The van der Waals surface area contributed by atoms with Crippen molar-refractivity contribution in [1.82, 2.24) is 16.0 Å². The predicted molar refractivity (Wildman–Crippen MR) is 70.1 cm³/mol. The lowest BCUT2D eigenvalue weighted by Gasteiger charge is -2.14. The van der Waals surface area contributed by atoms with Gasteiger partial charge in [-0.2, -0.15) is 0 Å². The highest BCUT2D eigenvalue weighted by Crippen LogP contribution is 2.17. The third kappa shape index (κ3) is 3.12. The average molecular weight is 233 g/mol. The van der Waals surface area contributed by atoms with Crippen LogP contribution in [0.4, 0.5) is 5.69 Å². The van der Waals surface area contributed by atoms with E-state index in [1.54, 1.807) is 0 Å². The van der Waals surface area contributed by atoms with Crippen molar-refractivity contribution in [2.24, 2.45) is 5.73 Å². The summed E-state index contributed by atoms with van der Waals surface area (Å²) in [5.74, 6) is 0. The van der Waals surface area contributed by atoms with Gasteiger partial charge in [-0.25, -0.2) is 0 Å². The summed E-state index contributed by atoms with van der Waals surface area (Å²) >= 11 is 0. The molecule has 92 valence electrons. The zero-order chi connectivity index (χ0) is 12.1. The summed E-state index contributed by atoms with van der Waals surface area (Å²) in [7, 11) is 0. The smallest absolute Gasteiger partial charge is 0.0752 e. The van der Waals surface area contributed by atoms with Crippen LogP contribution in [0.25, 0.3) is 5.70 Å². The third-order valence-electron chi connectivity index (χ3n) is 2.67. The first-order valence-electron chi connectivity index (χ1n) is 5.85. The molecule has 0 aliphatic carbocycles. The number of hydrazine groups is 2. The number of hydrogen-bond donors (Lipinski definition) is 4. The largest absolute Gasteiger partial charge is 0.399 e. The molecule has 0 bridgehead atoms. The fourth-order valence-corrected chi connectivity index (χ4v) is 1.75. The molecule has 1 aliphatic rings. The van der Waals surface area contributed by atoms with Gasteiger partial charge in [-0.1, -0.05) is 12.1 Å². The summed E-state index contributed by atoms with van der Waals surface area (Å²) < 4.78 is 0. The van der Waals surface area contributed by atoms with E-state index >= 15 is 0 Å². The van der Waals surface area contributed by atoms with Crippen molar-refractivity contribution in [3.05, 3.63) is 36.0 Å². The van der Waals surface area contributed by atoms with E-state index in [9.17, 15) is 0 Å². The van der Waals surface area contributed by atoms with Gasteiger partial charge in [-0.05, 0) is 31.5 Å². The second kappa shape index (κ2) is 5.56. The Bertz CT molecular complexity index is 402. The first-order chi connectivity index (χ1) is 8.29. The lowest BCUT2D eigenvalue weighted by atomic mass is 10.1. The quantitative estimate of drug-likeness (QED) is 0.443. The number of hydrogen-bond acceptors (Lipinski definition) is 5. The second-order valence-corrected chi connectivity index (χ2v) is 4.09. The highest BCUT2D eigenvalue weighted by molar-refractivity contribution is 5.67. The maximum Gasteiger partial charge on any atom is 0.0752 e. The van der Waals surface area contributed by atoms with E-state index in [4.69, 9.17) is 11.5 Å². The van der Waals surface area contributed by atoms with E-state index in [2.05, 4.69) is 11.0 Å². The van der Waals surface area contributed by atoms with Gasteiger partial charge < -0.3 is 16.9 Å². The Morgan fingerprint density at radius 3 is 2.88 bits per heavy atom. The molecule has 0 amide bonds. The van der Waals surface area contributed by atoms with E-state index < -0.39 is 0 Å². The number of unbranched alkanes of at least 4 members (excludes halogenated alkanes) is 1. The van der Waals surface area contributed by atoms with E-state index in [0.29, 0.717) is 0 Å². The second-order valence-electron chi connectivity index (χ2n) is 4.09. The molecule has 0 aromatic heterocycles. The van der Waals surface area contributed by atoms with E-state index in [1.165, 1.54) is 0 Å². The van der Waals surface area contributed by atoms with E-state index in [-0.39, 0.29) is 0 Å². The molecule has 17 heavy (non-hydrogen) atoms. The first kappa shape index (κ1) is 11.8. The summed E-state index contributed by atoms with van der Waals surface area (Å²) in [6.45, 7) is 1.68. The van der Waals surface area contributed by atoms with Crippen molar-refractivity contribution in [3.8, 4) is 0 Å². The Balaban J connectivity index is 1.96. The molecule has 2 rings (SSSR count). The van der Waals surface area contributed by atoms with Gasteiger partial charge in [0, 0.05) is 24.0 Å². The summed E-state index contributed by atoms with van der Waals surface area (Å²) in [4.78, 5) is 0. The number of nitrogens with one attached hydrogen (secondary N) is 2. The van der Waals surface area contributed by atoms with E-state index in [1.807, 2.05) is 35.5 Å². The van der Waals surface area contributed by atoms with Gasteiger partial charge in [0.25, 0.3) is 0 Å². The minimum Gasteiger partial charge on any atom is -0.399 e. The molecule has 1 aromatic rings. The van der Waals surface area contributed by atoms with Gasteiger partial charge in [0.2, 0.25) is 0 Å². The number of anilines is 1. The number of nitrogen functional groups attached to an aromatic ring is 1. The number of nitrogens with two attached hydrogens (primary N) is 2. The van der Waals surface area contributed by atoms with Gasteiger partial charge in [-0.15, -0.1) is 5.53 Å². The van der Waals surface area contributed by atoms with Gasteiger partial charge >= 0.3 is 0 Å². The van der Waals surface area contributed by atoms with Crippen molar-refractivity contribution in [3.63, 3.8) is 0 Å². The highest BCUT2D eigenvalue weighted by atomic mass is 15.7. The lowest BCUT2D eigenvalue weighted by Crippen LogP contribution is -2.36. The Labute approximate surface area is 101 Å². The van der Waals surface area contributed by atoms with Crippen LogP contribution in [0.3, 0.4) is 0 Å². The van der Waals surface area contributed by atoms with Crippen molar-refractivity contribution >= 4 is 11.4 Å². The topological polar surface area (TPSA) is 79.3 Å². The van der Waals surface area contributed by atoms with Crippen molar-refractivity contribution in [2.45, 2.75) is 12.8 Å². The van der Waals surface area contributed by atoms with Crippen molar-refractivity contribution in [2.75, 3.05) is 18.8 Å². The van der Waals surface area contributed by atoms with Crippen LogP contribution in [0.1, 0.15) is 18.4 Å². The molecular formula is C12H19N5. The molecule has 1 aliphatic heterocycles. The molecule has 5 nitrogen and oxygen atoms in total. The Morgan fingerprint density at radius 1 is 1.24 bits per heavy atom. The van der Waals surface area contributed by atoms with Crippen LogP contribution >= 0.6 is 0 Å². The van der Waals surface area contributed by atoms with E-state index in [0.717, 1.165) is 42.9 Å². The van der Waals surface area contributed by atoms with Crippen molar-refractivity contribution < 1.29 is 0 Å². The Hall–Kier alpha value is -1.72. The minimum absolute atomic E-state index is 0.743. The maximum absolute atomic E-state index is 5.76. The normalized spacial score (nSPS) is 14.6. The summed E-state index contributed by atoms with van der Waals surface area (Å²) in [5.41, 5.74) is 20.3. The molecule has 0 spiro atoms. The van der Waals surface area contributed by atoms with Crippen LogP contribution in [-0.2, 0) is 0 Å². The molecule has 6 N–H and O–H groups in total. The molecule has 0 fully saturated rings. The van der Waals surface area contributed by atoms with Crippen LogP contribution in [0.2, 0.25) is 0 Å². The van der Waals surface area contributed by atoms with Gasteiger partial charge in [0.05, 0.1) is 5.70 Å². The van der Waals surface area contributed by atoms with Crippen molar-refractivity contribution in [1.29, 1.82) is 0 Å². The molecule has 1 aromatic carbocycles. The first-order valence-corrected chi connectivity index (χ1v) is 5.85. The number of rotatable bonds is 5. The number of nitrogens with zero attached hydrogens (tertiary/aromatic N) is 1. The van der Waals surface area contributed by atoms with Gasteiger partial charge in [-0.3, -0.25) is 5.01 Å². The molecule has 0 saturated heterocycles. The monoisotopic (exact) mass is 233 g/mol. The molecule has 5 heteroatoms. The Kier molecular flexibility index (Phi) is 3.85. The third-order valence-corrected chi connectivity index (χ3v) is 2.67. The predicted octanol–water partition coefficient (Wildman–Crippen LogP) is 0.631. The van der Waals surface area contributed by atoms with Crippen LogP contribution in [0, 0.1) is 0 Å². The molecule has 0 radical (unpaired) electrons. The number of benzene rings is 1. The fourth-order valence-electron chi connectivity index (χ4n) is 1.75. The SMILES string of the molecule is NCCCCN1C=C(c2cccc(N)c2)NN1. The molecule has 0 unspecified atom stereocenters. The standard InChI is InChI=1S/C12H19N5/c13-6-1-2-7-17-9-12(15-16-17)10-4-3-5-11(14)8-10/h3-5,8-9,15-16H,1-2,6-7,13-14H2. The zero-order valence-electron chi connectivity index (χ0n) is 9.82. The summed E-state index contributed by atoms with van der Waals surface area (Å²) in [6, 6.07) is 7.81. The highest BCUT2D eigenvalue weighted by Gasteiger charge is 2.11. The maximum atomic E-state index is 5.76. The molecule has 0 atom stereocenters. The molecule has 1 heterocycles. The lowest BCUT2D eigenvalue weighted by molar-refractivity contribution is 0.268. The van der Waals surface area contributed by atoms with Gasteiger partial charge in [0.15, 0.2) is 0 Å². The minimum atomic E-state index is 0.743. The molecular weight excluding hydrogens is 214 g/mol. The van der Waals surface area contributed by atoms with Crippen LogP contribution < -0.4 is 22.4 Å². The Morgan fingerprint density at radius 2 is 2.12 bits per heavy atom. The fraction of sp³-hybridized carbons (Fsp3) is 0.333. The summed E-state index contributed by atoms with van der Waals surface area (Å²) in [5, 5.41) is 2.02. The van der Waals surface area contributed by atoms with Crippen LogP contribution in [0.15, 0.2) is 30.5 Å². The molecule has 0 saturated carbocycles. The van der Waals surface area contributed by atoms with Crippen LogP contribution in [-0.4, -0.2) is 18.1 Å². The zero-order valence-corrected chi connectivity index (χ0v) is 9.82. The average Bonchev–Trinajstić information content (AvgIpc) is 2.78.